The number of nitrogens with zero attached hydrogens (tertiary/aromatic N) is 3. The average molecular weight is 337 g/mol. The van der Waals surface area contributed by atoms with E-state index >= 15 is 0 Å². The SMILES string of the molecule is CCc1ccc(C2CN(c3ncnc4c(F)cccc34)CCO2)cc1. The summed E-state index contributed by atoms with van der Waals surface area (Å²) in [6.45, 7) is 4.18. The Hall–Kier alpha value is -2.53. The van der Waals surface area contributed by atoms with Gasteiger partial charge in [0.2, 0.25) is 0 Å². The summed E-state index contributed by atoms with van der Waals surface area (Å²) in [5.41, 5.74) is 2.84. The Balaban J connectivity index is 1.64. The van der Waals surface area contributed by atoms with Gasteiger partial charge in [0.05, 0.1) is 6.61 Å². The normalized spacial score (nSPS) is 17.8. The summed E-state index contributed by atoms with van der Waals surface area (Å²) in [5.74, 6) is 0.448. The van der Waals surface area contributed by atoms with Crippen LogP contribution >= 0.6 is 0 Å². The number of para-hydroxylation sites is 1. The van der Waals surface area contributed by atoms with Crippen LogP contribution in [0.25, 0.3) is 10.9 Å². The summed E-state index contributed by atoms with van der Waals surface area (Å²) >= 11 is 0. The van der Waals surface area contributed by atoms with Crippen molar-refractivity contribution in [1.82, 2.24) is 9.97 Å². The zero-order chi connectivity index (χ0) is 17.2. The van der Waals surface area contributed by atoms with E-state index in [4.69, 9.17) is 4.74 Å². The maximum atomic E-state index is 14.0. The molecule has 0 N–H and O–H groups in total. The van der Waals surface area contributed by atoms with E-state index < -0.39 is 0 Å². The number of aromatic nitrogens is 2. The molecule has 1 unspecified atom stereocenters. The second-order valence-electron chi connectivity index (χ2n) is 6.23. The summed E-state index contributed by atoms with van der Waals surface area (Å²) in [7, 11) is 0. The average Bonchev–Trinajstić information content (AvgIpc) is 2.68. The fourth-order valence-electron chi connectivity index (χ4n) is 3.30. The maximum absolute atomic E-state index is 14.0. The summed E-state index contributed by atoms with van der Waals surface area (Å²) in [4.78, 5) is 10.7. The van der Waals surface area contributed by atoms with Crippen molar-refractivity contribution < 1.29 is 9.13 Å². The molecule has 1 fully saturated rings. The Morgan fingerprint density at radius 3 is 2.80 bits per heavy atom. The highest BCUT2D eigenvalue weighted by molar-refractivity contribution is 5.89. The van der Waals surface area contributed by atoms with Crippen LogP contribution < -0.4 is 4.90 Å². The van der Waals surface area contributed by atoms with E-state index in [9.17, 15) is 4.39 Å². The van der Waals surface area contributed by atoms with Crippen molar-refractivity contribution in [3.05, 3.63) is 65.7 Å². The molecular formula is C20H20FN3O. The molecule has 4 rings (SSSR count). The Bertz CT molecular complexity index is 882. The highest BCUT2D eigenvalue weighted by Gasteiger charge is 2.24. The quantitative estimate of drug-likeness (QED) is 0.726. The minimum absolute atomic E-state index is 0.0155. The molecule has 0 bridgehead atoms. The van der Waals surface area contributed by atoms with E-state index in [2.05, 4.69) is 46.1 Å². The molecule has 0 aliphatic carbocycles. The number of hydrogen-bond donors (Lipinski definition) is 0. The van der Waals surface area contributed by atoms with Gasteiger partial charge in [-0.1, -0.05) is 37.3 Å². The number of fused-ring (bicyclic) bond motifs is 1. The Morgan fingerprint density at radius 1 is 1.16 bits per heavy atom. The van der Waals surface area contributed by atoms with Crippen molar-refractivity contribution in [2.45, 2.75) is 19.4 Å². The van der Waals surface area contributed by atoms with Crippen molar-refractivity contribution >= 4 is 16.7 Å². The lowest BCUT2D eigenvalue weighted by Gasteiger charge is -2.34. The molecule has 0 radical (unpaired) electrons. The Labute approximate surface area is 146 Å². The molecule has 1 aromatic heterocycles. The van der Waals surface area contributed by atoms with Gasteiger partial charge in [0.15, 0.2) is 0 Å². The standard InChI is InChI=1S/C20H20FN3O/c1-2-14-6-8-15(9-7-14)18-12-24(10-11-25-18)20-16-4-3-5-17(21)19(16)22-13-23-20/h3-9,13,18H,2,10-12H2,1H3. The van der Waals surface area contributed by atoms with Gasteiger partial charge in [-0.25, -0.2) is 14.4 Å². The molecule has 5 heteroatoms. The van der Waals surface area contributed by atoms with E-state index in [0.717, 1.165) is 29.7 Å². The van der Waals surface area contributed by atoms with Gasteiger partial charge in [-0.2, -0.15) is 0 Å². The van der Waals surface area contributed by atoms with Crippen LogP contribution in [0.15, 0.2) is 48.8 Å². The molecule has 128 valence electrons. The highest BCUT2D eigenvalue weighted by Crippen LogP contribution is 2.29. The molecule has 1 saturated heterocycles. The number of halogens is 1. The van der Waals surface area contributed by atoms with Crippen molar-refractivity contribution in [2.75, 3.05) is 24.6 Å². The Morgan fingerprint density at radius 2 is 2.00 bits per heavy atom. The minimum Gasteiger partial charge on any atom is -0.370 e. The van der Waals surface area contributed by atoms with Crippen LogP contribution in [0.5, 0.6) is 0 Å². The molecule has 2 heterocycles. The van der Waals surface area contributed by atoms with E-state index in [1.165, 1.54) is 18.0 Å². The van der Waals surface area contributed by atoms with Gasteiger partial charge < -0.3 is 9.64 Å². The second-order valence-corrected chi connectivity index (χ2v) is 6.23. The molecule has 0 amide bonds. The van der Waals surface area contributed by atoms with Crippen molar-refractivity contribution in [3.63, 3.8) is 0 Å². The summed E-state index contributed by atoms with van der Waals surface area (Å²) < 4.78 is 20.0. The van der Waals surface area contributed by atoms with E-state index in [0.29, 0.717) is 18.7 Å². The molecule has 1 atom stereocenters. The summed E-state index contributed by atoms with van der Waals surface area (Å²) in [6, 6.07) is 13.5. The third-order valence-corrected chi connectivity index (χ3v) is 4.72. The van der Waals surface area contributed by atoms with Gasteiger partial charge in [0.1, 0.15) is 29.6 Å². The van der Waals surface area contributed by atoms with Crippen LogP contribution in [-0.4, -0.2) is 29.7 Å². The zero-order valence-electron chi connectivity index (χ0n) is 14.2. The van der Waals surface area contributed by atoms with Gasteiger partial charge in [-0.3, -0.25) is 0 Å². The number of hydrogen-bond acceptors (Lipinski definition) is 4. The van der Waals surface area contributed by atoms with E-state index in [-0.39, 0.29) is 11.9 Å². The van der Waals surface area contributed by atoms with Crippen molar-refractivity contribution in [1.29, 1.82) is 0 Å². The van der Waals surface area contributed by atoms with Gasteiger partial charge in [0, 0.05) is 18.5 Å². The van der Waals surface area contributed by atoms with Crippen LogP contribution in [0, 0.1) is 5.82 Å². The van der Waals surface area contributed by atoms with Crippen LogP contribution in [0.1, 0.15) is 24.2 Å². The van der Waals surface area contributed by atoms with Crippen LogP contribution in [0.4, 0.5) is 10.2 Å². The van der Waals surface area contributed by atoms with Crippen molar-refractivity contribution in [2.24, 2.45) is 0 Å². The molecule has 1 aliphatic heterocycles. The highest BCUT2D eigenvalue weighted by atomic mass is 19.1. The maximum Gasteiger partial charge on any atom is 0.149 e. The predicted molar refractivity (Wildman–Crippen MR) is 96.2 cm³/mol. The third kappa shape index (κ3) is 3.07. The topological polar surface area (TPSA) is 38.2 Å². The number of aryl methyl sites for hydroxylation is 1. The molecule has 3 aromatic rings. The van der Waals surface area contributed by atoms with Crippen LogP contribution in [-0.2, 0) is 11.2 Å². The largest absolute Gasteiger partial charge is 0.370 e. The molecule has 25 heavy (non-hydrogen) atoms. The molecule has 1 aliphatic rings. The molecule has 4 nitrogen and oxygen atoms in total. The van der Waals surface area contributed by atoms with E-state index in [1.807, 2.05) is 6.07 Å². The third-order valence-electron chi connectivity index (χ3n) is 4.72. The predicted octanol–water partition coefficient (Wildman–Crippen LogP) is 3.91. The van der Waals surface area contributed by atoms with Gasteiger partial charge in [0.25, 0.3) is 0 Å². The second kappa shape index (κ2) is 6.76. The lowest BCUT2D eigenvalue weighted by molar-refractivity contribution is 0.0396. The number of benzene rings is 2. The first-order valence-corrected chi connectivity index (χ1v) is 8.61. The fourth-order valence-corrected chi connectivity index (χ4v) is 3.30. The number of rotatable bonds is 3. The molecule has 0 saturated carbocycles. The molecule has 0 spiro atoms. The Kier molecular flexibility index (Phi) is 4.32. The van der Waals surface area contributed by atoms with E-state index in [1.54, 1.807) is 6.07 Å². The number of ether oxygens (including phenoxy) is 1. The first kappa shape index (κ1) is 16.0. The first-order chi connectivity index (χ1) is 12.3. The zero-order valence-corrected chi connectivity index (χ0v) is 14.2. The lowest BCUT2D eigenvalue weighted by Crippen LogP contribution is -2.39. The smallest absolute Gasteiger partial charge is 0.149 e. The fraction of sp³-hybridized carbons (Fsp3) is 0.300. The molecular weight excluding hydrogens is 317 g/mol. The van der Waals surface area contributed by atoms with Crippen LogP contribution in [0.2, 0.25) is 0 Å². The van der Waals surface area contributed by atoms with Gasteiger partial charge in [-0.15, -0.1) is 0 Å². The summed E-state index contributed by atoms with van der Waals surface area (Å²) in [6.07, 6.45) is 2.44. The number of morpholine rings is 1. The number of anilines is 1. The molecule has 2 aromatic carbocycles. The van der Waals surface area contributed by atoms with Gasteiger partial charge in [-0.05, 0) is 29.7 Å². The monoisotopic (exact) mass is 337 g/mol. The van der Waals surface area contributed by atoms with Crippen molar-refractivity contribution in [3.8, 4) is 0 Å². The van der Waals surface area contributed by atoms with Crippen LogP contribution in [0.3, 0.4) is 0 Å². The summed E-state index contributed by atoms with van der Waals surface area (Å²) in [5, 5.41) is 0.740. The van der Waals surface area contributed by atoms with Gasteiger partial charge >= 0.3 is 0 Å². The first-order valence-electron chi connectivity index (χ1n) is 8.61. The minimum atomic E-state index is -0.318. The lowest BCUT2D eigenvalue weighted by atomic mass is 10.0.